The Morgan fingerprint density at radius 1 is 0.842 bits per heavy atom. The summed E-state index contributed by atoms with van der Waals surface area (Å²) in [7, 11) is -13.1. The van der Waals surface area contributed by atoms with Crippen LogP contribution in [0.25, 0.3) is 0 Å². The summed E-state index contributed by atoms with van der Waals surface area (Å²) in [6, 6.07) is 0. The van der Waals surface area contributed by atoms with Crippen molar-refractivity contribution in [3.63, 3.8) is 0 Å². The van der Waals surface area contributed by atoms with Crippen LogP contribution >= 0.6 is 0 Å². The van der Waals surface area contributed by atoms with E-state index in [1.165, 1.54) is 0 Å². The molecule has 0 aliphatic carbocycles. The van der Waals surface area contributed by atoms with Crippen molar-refractivity contribution in [3.05, 3.63) is 0 Å². The van der Waals surface area contributed by atoms with Gasteiger partial charge in [-0.05, 0) is 12.8 Å². The average molecular weight is 338 g/mol. The Hall–Kier alpha value is -0.560. The van der Waals surface area contributed by atoms with Crippen LogP contribution in [0.3, 0.4) is 0 Å². The minimum absolute atomic E-state index is 0.852. The van der Waals surface area contributed by atoms with E-state index in [9.17, 15) is 43.2 Å². The molecular formula is C6H8F6O5S2. The second-order valence-electron chi connectivity index (χ2n) is 3.28. The summed E-state index contributed by atoms with van der Waals surface area (Å²) in [5, 5.41) is 8.30. The maximum absolute atomic E-state index is 12.1. The summed E-state index contributed by atoms with van der Waals surface area (Å²) >= 11 is 0. The van der Waals surface area contributed by atoms with E-state index in [4.69, 9.17) is 5.11 Å². The predicted molar refractivity (Wildman–Crippen MR) is 50.1 cm³/mol. The van der Waals surface area contributed by atoms with E-state index in [-0.39, 0.29) is 0 Å². The largest absolute Gasteiger partial charge is 0.498 e. The molecule has 0 aromatic rings. The van der Waals surface area contributed by atoms with Crippen molar-refractivity contribution in [3.8, 4) is 0 Å². The molecule has 5 nitrogen and oxygen atoms in total. The van der Waals surface area contributed by atoms with Crippen molar-refractivity contribution < 1.29 is 48.3 Å². The monoisotopic (exact) mass is 338 g/mol. The first-order valence-corrected chi connectivity index (χ1v) is 7.50. The molecule has 0 aromatic heterocycles. The van der Waals surface area contributed by atoms with Crippen LogP contribution in [-0.4, -0.2) is 44.1 Å². The molecule has 0 aliphatic rings. The zero-order valence-corrected chi connectivity index (χ0v) is 10.5. The summed E-state index contributed by atoms with van der Waals surface area (Å²) in [6.07, 6.45) is -2.37. The quantitative estimate of drug-likeness (QED) is 0.754. The molecule has 0 unspecified atom stereocenters. The van der Waals surface area contributed by atoms with Gasteiger partial charge in [-0.1, -0.05) is 0 Å². The van der Waals surface area contributed by atoms with E-state index < -0.39 is 54.7 Å². The number of sulfone groups is 2. The average Bonchev–Trinajstić information content (AvgIpc) is 2.13. The second kappa shape index (κ2) is 5.44. The van der Waals surface area contributed by atoms with Crippen molar-refractivity contribution in [1.82, 2.24) is 0 Å². The maximum atomic E-state index is 12.1. The van der Waals surface area contributed by atoms with Crippen LogP contribution in [0.5, 0.6) is 0 Å². The highest BCUT2D eigenvalue weighted by Gasteiger charge is 2.62. The van der Waals surface area contributed by atoms with E-state index in [0.717, 1.165) is 0 Å². The summed E-state index contributed by atoms with van der Waals surface area (Å²) in [4.78, 5) is 0. The van der Waals surface area contributed by atoms with Gasteiger partial charge >= 0.3 is 11.0 Å². The topological polar surface area (TPSA) is 88.5 Å². The Labute approximate surface area is 104 Å². The standard InChI is InChI=1S/C6H8F6O5S2/c7-5(8,9)18(14,15)4(2-1-3-13)19(16,17)6(10,11)12/h4,13H,1-3H2. The Balaban J connectivity index is 5.90. The third kappa shape index (κ3) is 3.72. The fourth-order valence-corrected chi connectivity index (χ4v) is 4.57. The fourth-order valence-electron chi connectivity index (χ4n) is 1.03. The van der Waals surface area contributed by atoms with E-state index in [2.05, 4.69) is 0 Å². The van der Waals surface area contributed by atoms with E-state index >= 15 is 0 Å². The molecule has 13 heteroatoms. The second-order valence-corrected chi connectivity index (χ2v) is 7.82. The molecular weight excluding hydrogens is 330 g/mol. The molecule has 0 aromatic carbocycles. The number of aliphatic hydroxyl groups excluding tert-OH is 1. The van der Waals surface area contributed by atoms with Gasteiger partial charge < -0.3 is 5.11 Å². The Bertz CT molecular complexity index is 457. The van der Waals surface area contributed by atoms with Gasteiger partial charge in [0.05, 0.1) is 0 Å². The van der Waals surface area contributed by atoms with Gasteiger partial charge in [0.1, 0.15) is 0 Å². The van der Waals surface area contributed by atoms with Crippen molar-refractivity contribution in [2.24, 2.45) is 0 Å². The van der Waals surface area contributed by atoms with Gasteiger partial charge in [-0.25, -0.2) is 16.8 Å². The molecule has 0 heterocycles. The first-order chi connectivity index (χ1) is 8.19. The Morgan fingerprint density at radius 2 is 1.16 bits per heavy atom. The maximum Gasteiger partial charge on any atom is 0.498 e. The highest BCUT2D eigenvalue weighted by Crippen LogP contribution is 2.37. The van der Waals surface area contributed by atoms with Gasteiger partial charge in [-0.3, -0.25) is 0 Å². The molecule has 0 amide bonds. The number of alkyl halides is 6. The van der Waals surface area contributed by atoms with Crippen molar-refractivity contribution in [2.45, 2.75) is 28.4 Å². The molecule has 0 saturated carbocycles. The highest BCUT2D eigenvalue weighted by atomic mass is 32.3. The predicted octanol–water partition coefficient (Wildman–Crippen LogP) is 0.954. The molecule has 19 heavy (non-hydrogen) atoms. The van der Waals surface area contributed by atoms with Crippen molar-refractivity contribution >= 4 is 19.7 Å². The highest BCUT2D eigenvalue weighted by molar-refractivity contribution is 8.09. The smallest absolute Gasteiger partial charge is 0.396 e. The minimum Gasteiger partial charge on any atom is -0.396 e. The number of hydrogen-bond acceptors (Lipinski definition) is 5. The van der Waals surface area contributed by atoms with Crippen LogP contribution in [0.1, 0.15) is 12.8 Å². The number of hydrogen-bond donors (Lipinski definition) is 1. The van der Waals surface area contributed by atoms with Gasteiger partial charge in [-0.2, -0.15) is 26.3 Å². The molecule has 0 spiro atoms. The van der Waals surface area contributed by atoms with Crippen LogP contribution < -0.4 is 0 Å². The lowest BCUT2D eigenvalue weighted by Crippen LogP contribution is -2.44. The normalized spacial score (nSPS) is 14.9. The summed E-state index contributed by atoms with van der Waals surface area (Å²) in [6.45, 7) is -0.961. The molecule has 0 rings (SSSR count). The van der Waals surface area contributed by atoms with Crippen LogP contribution in [0, 0.1) is 0 Å². The lowest BCUT2D eigenvalue weighted by Gasteiger charge is -2.20. The first-order valence-electron chi connectivity index (χ1n) is 4.40. The van der Waals surface area contributed by atoms with Crippen LogP contribution in [0.2, 0.25) is 0 Å². The first kappa shape index (κ1) is 18.4. The van der Waals surface area contributed by atoms with Gasteiger partial charge in [0.2, 0.25) is 0 Å². The van der Waals surface area contributed by atoms with Gasteiger partial charge in [-0.15, -0.1) is 0 Å². The molecule has 116 valence electrons. The van der Waals surface area contributed by atoms with Crippen LogP contribution in [0.4, 0.5) is 26.3 Å². The van der Waals surface area contributed by atoms with Crippen LogP contribution in [0.15, 0.2) is 0 Å². The van der Waals surface area contributed by atoms with E-state index in [1.807, 2.05) is 0 Å². The van der Waals surface area contributed by atoms with Gasteiger partial charge in [0, 0.05) is 6.61 Å². The summed E-state index contributed by atoms with van der Waals surface area (Å²) in [5.74, 6) is 0. The SMILES string of the molecule is O=S(=O)(C(CCCO)S(=O)(=O)C(F)(F)F)C(F)(F)F. The lowest BCUT2D eigenvalue weighted by molar-refractivity contribution is -0.0473. The zero-order valence-electron chi connectivity index (χ0n) is 8.86. The Kier molecular flexibility index (Phi) is 5.28. The Morgan fingerprint density at radius 3 is 1.37 bits per heavy atom. The molecule has 0 radical (unpaired) electrons. The van der Waals surface area contributed by atoms with E-state index in [1.54, 1.807) is 0 Å². The third-order valence-corrected chi connectivity index (χ3v) is 6.60. The summed E-state index contributed by atoms with van der Waals surface area (Å²) < 4.78 is 113. The molecule has 0 bridgehead atoms. The molecule has 0 atom stereocenters. The van der Waals surface area contributed by atoms with Crippen LogP contribution in [-0.2, 0) is 19.7 Å². The van der Waals surface area contributed by atoms with E-state index in [0.29, 0.717) is 0 Å². The summed E-state index contributed by atoms with van der Waals surface area (Å²) in [5.41, 5.74) is -12.3. The minimum atomic E-state index is -6.57. The number of aliphatic hydroxyl groups is 1. The third-order valence-electron chi connectivity index (χ3n) is 1.94. The molecule has 1 N–H and O–H groups in total. The lowest BCUT2D eigenvalue weighted by atomic mass is 10.4. The fraction of sp³-hybridized carbons (Fsp3) is 1.00. The van der Waals surface area contributed by atoms with Gasteiger partial charge in [0.15, 0.2) is 4.58 Å². The molecule has 0 fully saturated rings. The van der Waals surface area contributed by atoms with Gasteiger partial charge in [0.25, 0.3) is 19.7 Å². The molecule has 0 aliphatic heterocycles. The number of rotatable bonds is 5. The van der Waals surface area contributed by atoms with Crippen molar-refractivity contribution in [2.75, 3.05) is 6.61 Å². The van der Waals surface area contributed by atoms with Crippen molar-refractivity contribution in [1.29, 1.82) is 0 Å². The molecule has 0 saturated heterocycles. The zero-order chi connectivity index (χ0) is 15.7. The number of halogens is 6.